The Kier molecular flexibility index (Phi) is 10.1. The van der Waals surface area contributed by atoms with Crippen LogP contribution in [0.3, 0.4) is 0 Å². The van der Waals surface area contributed by atoms with Crippen LogP contribution in [0.25, 0.3) is 17.2 Å². The van der Waals surface area contributed by atoms with Gasteiger partial charge in [-0.1, -0.05) is 144 Å². The summed E-state index contributed by atoms with van der Waals surface area (Å²) >= 11 is 0. The SMILES string of the molecule is C=C\C=C/C=C\C=C(/C=C/C=C/c1ccc2c(c1)C(C)(C)C1=C2C=C=C1)N(c1ccccc1)c1ccc2c(c1)C(C)(C)C1=C2C=C=C1.Nc1ccccc1. The number of nitrogens with zero attached hydrogens (tertiary/aromatic N) is 1. The van der Waals surface area contributed by atoms with Crippen molar-refractivity contribution < 1.29 is 0 Å². The lowest BCUT2D eigenvalue weighted by atomic mass is 9.81. The molecule has 0 atom stereocenters. The average Bonchev–Trinajstić information content (AvgIpc) is 3.96. The van der Waals surface area contributed by atoms with E-state index in [4.69, 9.17) is 5.73 Å². The van der Waals surface area contributed by atoms with Crippen molar-refractivity contribution in [3.05, 3.63) is 239 Å². The molecular weight excluding hydrogens is 653 g/mol. The fraction of sp³-hybridized carbons (Fsp3) is 0.115. The van der Waals surface area contributed by atoms with Gasteiger partial charge in [-0.2, -0.15) is 0 Å². The quantitative estimate of drug-likeness (QED) is 0.107. The van der Waals surface area contributed by atoms with Gasteiger partial charge in [-0.3, -0.25) is 0 Å². The van der Waals surface area contributed by atoms with E-state index in [-0.39, 0.29) is 10.8 Å². The largest absolute Gasteiger partial charge is 0.399 e. The van der Waals surface area contributed by atoms with Gasteiger partial charge in [0.25, 0.3) is 0 Å². The first-order chi connectivity index (χ1) is 26.2. The fourth-order valence-corrected chi connectivity index (χ4v) is 7.70. The topological polar surface area (TPSA) is 29.3 Å². The molecule has 0 aliphatic heterocycles. The van der Waals surface area contributed by atoms with Gasteiger partial charge in [0.05, 0.1) is 0 Å². The molecule has 0 unspecified atom stereocenters. The second-order valence-corrected chi connectivity index (χ2v) is 14.7. The van der Waals surface area contributed by atoms with Crippen LogP contribution >= 0.6 is 0 Å². The van der Waals surface area contributed by atoms with Crippen LogP contribution in [-0.4, -0.2) is 0 Å². The van der Waals surface area contributed by atoms with Crippen molar-refractivity contribution in [2.24, 2.45) is 0 Å². The third-order valence-corrected chi connectivity index (χ3v) is 10.5. The molecule has 4 aromatic carbocycles. The Hall–Kier alpha value is -6.56. The van der Waals surface area contributed by atoms with Crippen molar-refractivity contribution in [2.45, 2.75) is 38.5 Å². The highest BCUT2D eigenvalue weighted by Gasteiger charge is 2.38. The van der Waals surface area contributed by atoms with Gasteiger partial charge in [0.2, 0.25) is 0 Å². The summed E-state index contributed by atoms with van der Waals surface area (Å²) in [6, 6.07) is 33.8. The summed E-state index contributed by atoms with van der Waals surface area (Å²) in [5.74, 6) is 0. The molecule has 2 heteroatoms. The highest BCUT2D eigenvalue weighted by Crippen LogP contribution is 2.51. The van der Waals surface area contributed by atoms with E-state index in [1.165, 1.54) is 50.1 Å². The number of hydrogen-bond acceptors (Lipinski definition) is 2. The minimum atomic E-state index is -0.0897. The van der Waals surface area contributed by atoms with Gasteiger partial charge >= 0.3 is 0 Å². The molecule has 0 saturated heterocycles. The highest BCUT2D eigenvalue weighted by molar-refractivity contribution is 5.91. The van der Waals surface area contributed by atoms with Crippen LogP contribution in [0, 0.1) is 0 Å². The minimum absolute atomic E-state index is 0.0184. The molecule has 4 aliphatic carbocycles. The first-order valence-corrected chi connectivity index (χ1v) is 18.5. The second kappa shape index (κ2) is 15.2. The Balaban J connectivity index is 0.000000579. The van der Waals surface area contributed by atoms with Crippen molar-refractivity contribution in [1.29, 1.82) is 0 Å². The summed E-state index contributed by atoms with van der Waals surface area (Å²) in [6.07, 6.45) is 29.2. The molecule has 0 aromatic heterocycles. The van der Waals surface area contributed by atoms with E-state index in [2.05, 4.69) is 178 Å². The van der Waals surface area contributed by atoms with Crippen LogP contribution in [-0.2, 0) is 10.8 Å². The van der Waals surface area contributed by atoms with Crippen LogP contribution < -0.4 is 10.6 Å². The van der Waals surface area contributed by atoms with Gasteiger partial charge in [0.1, 0.15) is 0 Å². The standard InChI is InChI=1S/C46H39N.C6H7N/c1-6-7-8-9-11-19-35(22-15-14-18-33-27-29-39-37-23-16-25-41(37)45(2,3)43(39)31-33)47(34-20-12-10-13-21-34)36-28-30-40-38-24-17-26-42(38)46(4,5)44(40)32-36;7-6-4-2-1-3-5-6/h6-15,18-32H,1H2,2-5H3;1-5H,7H2/b8-7-,11-9-,18-14+,22-15+,35-19+;. The molecule has 2 nitrogen and oxygen atoms in total. The number of rotatable bonds is 9. The number of fused-ring (bicyclic) bond motifs is 4. The maximum absolute atomic E-state index is 5.36. The van der Waals surface area contributed by atoms with E-state index in [1.807, 2.05) is 48.6 Å². The summed E-state index contributed by atoms with van der Waals surface area (Å²) in [5, 5.41) is 0. The Morgan fingerprint density at radius 2 is 1.20 bits per heavy atom. The zero-order valence-electron chi connectivity index (χ0n) is 31.6. The number of nitrogens with two attached hydrogens (primary N) is 1. The van der Waals surface area contributed by atoms with E-state index < -0.39 is 0 Å². The van der Waals surface area contributed by atoms with Crippen LogP contribution in [0.5, 0.6) is 0 Å². The van der Waals surface area contributed by atoms with Crippen LogP contribution in [0.2, 0.25) is 0 Å². The van der Waals surface area contributed by atoms with Gasteiger partial charge in [-0.15, -0.1) is 11.5 Å². The average molecular weight is 699 g/mol. The molecule has 8 rings (SSSR count). The first kappa shape index (κ1) is 35.8. The Bertz CT molecular complexity index is 2460. The van der Waals surface area contributed by atoms with Gasteiger partial charge in [0, 0.05) is 33.6 Å². The van der Waals surface area contributed by atoms with Crippen molar-refractivity contribution in [2.75, 3.05) is 10.6 Å². The highest BCUT2D eigenvalue weighted by atomic mass is 15.1. The summed E-state index contributed by atoms with van der Waals surface area (Å²) in [7, 11) is 0. The molecule has 54 heavy (non-hydrogen) atoms. The fourth-order valence-electron chi connectivity index (χ4n) is 7.70. The Labute approximate surface area is 321 Å². The van der Waals surface area contributed by atoms with E-state index in [9.17, 15) is 0 Å². The van der Waals surface area contributed by atoms with Crippen LogP contribution in [0.15, 0.2) is 211 Å². The lowest BCUT2D eigenvalue weighted by molar-refractivity contribution is 0.654. The smallest absolute Gasteiger partial charge is 0.0465 e. The van der Waals surface area contributed by atoms with Gasteiger partial charge in [-0.25, -0.2) is 0 Å². The number of hydrogen-bond donors (Lipinski definition) is 1. The molecule has 4 aromatic rings. The number of anilines is 3. The maximum Gasteiger partial charge on any atom is 0.0465 e. The van der Waals surface area contributed by atoms with Crippen LogP contribution in [0.1, 0.15) is 55.5 Å². The van der Waals surface area contributed by atoms with Crippen LogP contribution in [0.4, 0.5) is 17.1 Å². The maximum atomic E-state index is 5.36. The predicted octanol–water partition coefficient (Wildman–Crippen LogP) is 13.1. The summed E-state index contributed by atoms with van der Waals surface area (Å²) in [4.78, 5) is 2.34. The molecule has 0 amide bonds. The number of nitrogen functional groups attached to an aromatic ring is 1. The third kappa shape index (κ3) is 6.97. The van der Waals surface area contributed by atoms with Crippen molar-refractivity contribution >= 4 is 34.3 Å². The first-order valence-electron chi connectivity index (χ1n) is 18.5. The van der Waals surface area contributed by atoms with Crippen molar-refractivity contribution in [3.8, 4) is 0 Å². The molecule has 2 N–H and O–H groups in total. The molecule has 264 valence electrons. The summed E-state index contributed by atoms with van der Waals surface area (Å²) in [6.45, 7) is 13.0. The zero-order chi connectivity index (χ0) is 37.7. The molecule has 0 fully saturated rings. The molecule has 0 spiro atoms. The molecule has 4 aliphatic rings. The molecule has 0 radical (unpaired) electrons. The predicted molar refractivity (Wildman–Crippen MR) is 232 cm³/mol. The third-order valence-electron chi connectivity index (χ3n) is 10.5. The Morgan fingerprint density at radius 3 is 1.81 bits per heavy atom. The lowest BCUT2D eigenvalue weighted by Gasteiger charge is -2.29. The number of benzene rings is 4. The number of para-hydroxylation sites is 2. The van der Waals surface area contributed by atoms with E-state index >= 15 is 0 Å². The van der Waals surface area contributed by atoms with Crippen molar-refractivity contribution in [3.63, 3.8) is 0 Å². The van der Waals surface area contributed by atoms with E-state index in [1.54, 1.807) is 6.08 Å². The monoisotopic (exact) mass is 698 g/mol. The normalized spacial score (nSPS) is 16.9. The van der Waals surface area contributed by atoms with Gasteiger partial charge in [-0.05, 0) is 123 Å². The van der Waals surface area contributed by atoms with Gasteiger partial charge in [0.15, 0.2) is 0 Å². The van der Waals surface area contributed by atoms with Crippen molar-refractivity contribution in [1.82, 2.24) is 0 Å². The zero-order valence-corrected chi connectivity index (χ0v) is 31.6. The molecule has 0 heterocycles. The summed E-state index contributed by atoms with van der Waals surface area (Å²) in [5.41, 5.74) is 27.8. The van der Waals surface area contributed by atoms with E-state index in [0.29, 0.717) is 0 Å². The second-order valence-electron chi connectivity index (χ2n) is 14.7. The van der Waals surface area contributed by atoms with E-state index in [0.717, 1.165) is 22.8 Å². The number of allylic oxidation sites excluding steroid dienone is 15. The molecular formula is C52H46N2. The minimum Gasteiger partial charge on any atom is -0.399 e. The lowest BCUT2D eigenvalue weighted by Crippen LogP contribution is -2.19. The Morgan fingerprint density at radius 1 is 0.611 bits per heavy atom. The molecule has 0 saturated carbocycles. The molecule has 0 bridgehead atoms. The summed E-state index contributed by atoms with van der Waals surface area (Å²) < 4.78 is 0. The van der Waals surface area contributed by atoms with Gasteiger partial charge < -0.3 is 10.6 Å².